The molecule has 0 radical (unpaired) electrons. The molecular weight excluding hydrogens is 765 g/mol. The predicted molar refractivity (Wildman–Crippen MR) is 234 cm³/mol. The van der Waals surface area contributed by atoms with Crippen LogP contribution in [0.15, 0.2) is 54.6 Å². The van der Waals surface area contributed by atoms with Crippen LogP contribution in [0.4, 0.5) is 5.69 Å². The molecule has 0 spiro atoms. The molecule has 0 aliphatic carbocycles. The molecule has 0 bridgehead atoms. The second kappa shape index (κ2) is 23.5. The van der Waals surface area contributed by atoms with Crippen LogP contribution >= 0.6 is 0 Å². The van der Waals surface area contributed by atoms with Gasteiger partial charge in [-0.05, 0) is 60.9 Å². The molecule has 5 N–H and O–H groups in total. The van der Waals surface area contributed by atoms with Gasteiger partial charge in [0.05, 0.1) is 42.7 Å². The van der Waals surface area contributed by atoms with Crippen molar-refractivity contribution in [3.05, 3.63) is 65.7 Å². The lowest BCUT2D eigenvalue weighted by Gasteiger charge is -2.41. The molecule has 1 unspecified atom stereocenters. The van der Waals surface area contributed by atoms with Crippen molar-refractivity contribution in [2.75, 3.05) is 40.6 Å². The maximum atomic E-state index is 14.5. The van der Waals surface area contributed by atoms with Gasteiger partial charge in [-0.1, -0.05) is 97.4 Å². The Morgan fingerprint density at radius 2 is 1.53 bits per heavy atom. The average Bonchev–Trinajstić information content (AvgIpc) is 3.69. The molecule has 1 fully saturated rings. The first-order valence-corrected chi connectivity index (χ1v) is 21.4. The van der Waals surface area contributed by atoms with E-state index in [2.05, 4.69) is 10.6 Å². The van der Waals surface area contributed by atoms with Crippen LogP contribution in [0, 0.1) is 23.7 Å². The van der Waals surface area contributed by atoms with E-state index in [4.69, 9.17) is 15.2 Å². The Hall–Kier alpha value is -4.53. The van der Waals surface area contributed by atoms with Crippen molar-refractivity contribution in [2.24, 2.45) is 23.7 Å². The molecule has 3 rings (SSSR count). The van der Waals surface area contributed by atoms with Crippen LogP contribution in [-0.4, -0.2) is 127 Å². The zero-order chi connectivity index (χ0) is 44.8. The number of likely N-dealkylation sites (tertiary alicyclic amines) is 1. The monoisotopic (exact) mass is 837 g/mol. The van der Waals surface area contributed by atoms with Crippen molar-refractivity contribution in [3.63, 3.8) is 0 Å². The van der Waals surface area contributed by atoms with Crippen molar-refractivity contribution in [3.8, 4) is 0 Å². The smallest absolute Gasteiger partial charge is 0.326 e. The van der Waals surface area contributed by atoms with E-state index >= 15 is 0 Å². The topological polar surface area (TPSA) is 184 Å². The summed E-state index contributed by atoms with van der Waals surface area (Å²) < 4.78 is 11.9. The number of aliphatic carboxylic acids is 1. The van der Waals surface area contributed by atoms with Crippen molar-refractivity contribution in [1.82, 2.24) is 25.3 Å². The van der Waals surface area contributed by atoms with Crippen molar-refractivity contribution >= 4 is 35.3 Å². The normalized spacial score (nSPS) is 18.3. The SMILES string of the molecule is CC[C@H](C)[C@@H]([C@@H](CC(=O)N1CCC[C@H]1[C@H](OC)[C@@H](C)C(=O)N[C@@H](Cc1ccccc1)C(=O)O)OC)N(C)C(=O)[C@@H](NC(=O)C(C(C)C)N(C)Cc1cccc(N)c1)C(C)C. The van der Waals surface area contributed by atoms with Gasteiger partial charge in [-0.25, -0.2) is 4.79 Å². The summed E-state index contributed by atoms with van der Waals surface area (Å²) in [4.78, 5) is 73.9. The number of carboxylic acid groups (broad SMARTS) is 1. The highest BCUT2D eigenvalue weighted by Gasteiger charge is 2.43. The zero-order valence-corrected chi connectivity index (χ0v) is 37.7. The number of ether oxygens (including phenoxy) is 2. The molecule has 2 aromatic rings. The first-order valence-electron chi connectivity index (χ1n) is 21.4. The number of carboxylic acids is 1. The molecule has 2 aromatic carbocycles. The lowest BCUT2D eigenvalue weighted by molar-refractivity contribution is -0.148. The molecule has 1 aliphatic heterocycles. The number of nitrogens with zero attached hydrogens (tertiary/aromatic N) is 3. The molecule has 1 aliphatic rings. The number of amides is 4. The van der Waals surface area contributed by atoms with Crippen molar-refractivity contribution in [2.45, 2.75) is 130 Å². The Morgan fingerprint density at radius 3 is 2.08 bits per heavy atom. The van der Waals surface area contributed by atoms with E-state index in [0.717, 1.165) is 11.1 Å². The summed E-state index contributed by atoms with van der Waals surface area (Å²) in [5, 5.41) is 15.7. The Bertz CT molecular complexity index is 1710. The fourth-order valence-corrected chi connectivity index (χ4v) is 8.72. The minimum absolute atomic E-state index is 0.0300. The van der Waals surface area contributed by atoms with Gasteiger partial charge in [0.2, 0.25) is 23.6 Å². The van der Waals surface area contributed by atoms with Crippen LogP contribution in [0.3, 0.4) is 0 Å². The minimum Gasteiger partial charge on any atom is -0.480 e. The first kappa shape index (κ1) is 49.8. The van der Waals surface area contributed by atoms with Gasteiger partial charge in [0, 0.05) is 46.5 Å². The molecule has 14 nitrogen and oxygen atoms in total. The number of hydrogen-bond acceptors (Lipinski definition) is 9. The number of likely N-dealkylation sites (N-methyl/N-ethyl adjacent to an activating group) is 2. The molecule has 0 aromatic heterocycles. The maximum absolute atomic E-state index is 14.5. The van der Waals surface area contributed by atoms with Gasteiger partial charge in [0.1, 0.15) is 12.1 Å². The van der Waals surface area contributed by atoms with Gasteiger partial charge < -0.3 is 40.7 Å². The molecule has 4 amide bonds. The molecule has 14 heteroatoms. The predicted octanol–water partition coefficient (Wildman–Crippen LogP) is 4.60. The van der Waals surface area contributed by atoms with E-state index in [0.29, 0.717) is 38.0 Å². The van der Waals surface area contributed by atoms with Gasteiger partial charge >= 0.3 is 5.97 Å². The summed E-state index contributed by atoms with van der Waals surface area (Å²) in [6, 6.07) is 13.2. The lowest BCUT2D eigenvalue weighted by atomic mass is 9.89. The number of nitrogens with two attached hydrogens (primary N) is 1. The van der Waals surface area contributed by atoms with E-state index in [-0.39, 0.29) is 48.3 Å². The van der Waals surface area contributed by atoms with Crippen molar-refractivity contribution in [1.29, 1.82) is 0 Å². The number of nitrogens with one attached hydrogen (secondary N) is 2. The highest BCUT2D eigenvalue weighted by Crippen LogP contribution is 2.30. The molecule has 1 heterocycles. The van der Waals surface area contributed by atoms with Crippen LogP contribution in [0.25, 0.3) is 0 Å². The maximum Gasteiger partial charge on any atom is 0.326 e. The fourth-order valence-electron chi connectivity index (χ4n) is 8.72. The average molecular weight is 837 g/mol. The summed E-state index contributed by atoms with van der Waals surface area (Å²) in [7, 11) is 6.64. The number of methoxy groups -OCH3 is 2. The van der Waals surface area contributed by atoms with Crippen LogP contribution in [-0.2, 0) is 46.4 Å². The summed E-state index contributed by atoms with van der Waals surface area (Å²) in [5.74, 6) is -3.48. The first-order chi connectivity index (χ1) is 28.4. The number of anilines is 1. The number of hydrogen-bond donors (Lipinski definition) is 4. The quantitative estimate of drug-likeness (QED) is 0.116. The van der Waals surface area contributed by atoms with Crippen LogP contribution in [0.5, 0.6) is 0 Å². The fraction of sp³-hybridized carbons (Fsp3) is 0.630. The third-order valence-corrected chi connectivity index (χ3v) is 12.1. The van der Waals surface area contributed by atoms with Crippen molar-refractivity contribution < 1.29 is 38.6 Å². The highest BCUT2D eigenvalue weighted by atomic mass is 16.5. The van der Waals surface area contributed by atoms with Crippen LogP contribution in [0.1, 0.15) is 85.3 Å². The summed E-state index contributed by atoms with van der Waals surface area (Å²) in [6.45, 7) is 14.5. The lowest BCUT2D eigenvalue weighted by Crippen LogP contribution is -2.60. The van der Waals surface area contributed by atoms with E-state index in [1.807, 2.05) is 108 Å². The molecular formula is C46H72N6O8. The van der Waals surface area contributed by atoms with Crippen LogP contribution < -0.4 is 16.4 Å². The molecule has 1 saturated heterocycles. The third-order valence-electron chi connectivity index (χ3n) is 12.1. The zero-order valence-electron chi connectivity index (χ0n) is 37.7. The molecule has 9 atom stereocenters. The number of rotatable bonds is 23. The second-order valence-corrected chi connectivity index (χ2v) is 17.3. The highest BCUT2D eigenvalue weighted by molar-refractivity contribution is 5.90. The van der Waals surface area contributed by atoms with E-state index in [1.54, 1.807) is 23.8 Å². The number of benzene rings is 2. The van der Waals surface area contributed by atoms with E-state index < -0.39 is 60.2 Å². The molecule has 0 saturated carbocycles. The molecule has 60 heavy (non-hydrogen) atoms. The number of carbonyl (C=O) groups excluding carboxylic acids is 4. The summed E-state index contributed by atoms with van der Waals surface area (Å²) in [6.07, 6.45) is 0.703. The van der Waals surface area contributed by atoms with Gasteiger partial charge in [-0.15, -0.1) is 0 Å². The largest absolute Gasteiger partial charge is 0.480 e. The third kappa shape index (κ3) is 13.2. The Kier molecular flexibility index (Phi) is 19.5. The summed E-state index contributed by atoms with van der Waals surface area (Å²) >= 11 is 0. The summed E-state index contributed by atoms with van der Waals surface area (Å²) in [5.41, 5.74) is 8.42. The van der Waals surface area contributed by atoms with Crippen LogP contribution in [0.2, 0.25) is 0 Å². The number of nitrogen functional groups attached to an aromatic ring is 1. The Labute approximate surface area is 357 Å². The molecule has 334 valence electrons. The van der Waals surface area contributed by atoms with E-state index in [1.165, 1.54) is 14.2 Å². The van der Waals surface area contributed by atoms with E-state index in [9.17, 15) is 29.1 Å². The standard InChI is InChI=1S/C46H72N6O8/c1-12-30(6)41(51(9)45(56)39(28(2)3)49-44(55)40(29(4)5)50(8)27-33-20-16-21-34(47)24-33)37(59-10)26-38(53)52-23-17-22-36(52)42(60-11)31(7)43(54)48-35(46(57)58)25-32-18-14-13-15-19-32/h13-16,18-21,24,28-31,35-37,39-42H,12,17,22-23,25-27,47H2,1-11H3,(H,48,54)(H,49,55)(H,57,58)/t30-,31+,35-,36-,37+,39-,40?,41-,42+/m0/s1. The van der Waals surface area contributed by atoms with Gasteiger partial charge in [-0.3, -0.25) is 24.1 Å². The van der Waals surface area contributed by atoms with Gasteiger partial charge in [0.25, 0.3) is 0 Å². The van der Waals surface area contributed by atoms with Gasteiger partial charge in [0.15, 0.2) is 0 Å². The second-order valence-electron chi connectivity index (χ2n) is 17.3. The van der Waals surface area contributed by atoms with Gasteiger partial charge in [-0.2, -0.15) is 0 Å². The number of carbonyl (C=O) groups is 5. The Balaban J connectivity index is 1.78. The minimum atomic E-state index is -1.14. The Morgan fingerprint density at radius 1 is 0.883 bits per heavy atom.